The summed E-state index contributed by atoms with van der Waals surface area (Å²) in [5.74, 6) is 0.794. The minimum absolute atomic E-state index is 0.233. The van der Waals surface area contributed by atoms with Gasteiger partial charge >= 0.3 is 0 Å². The van der Waals surface area contributed by atoms with Gasteiger partial charge in [0.15, 0.2) is 0 Å². The molecule has 148 valence electrons. The molecule has 1 heterocycles. The molecule has 0 aromatic heterocycles. The largest absolute Gasteiger partial charge is 0.494 e. The number of nitrogens with zero attached hydrogens (tertiary/aromatic N) is 3. The Morgan fingerprint density at radius 1 is 1.00 bits per heavy atom. The lowest BCUT2D eigenvalue weighted by Gasteiger charge is -2.33. The quantitative estimate of drug-likeness (QED) is 0.645. The Kier molecular flexibility index (Phi) is 6.92. The van der Waals surface area contributed by atoms with Crippen molar-refractivity contribution in [1.29, 1.82) is 5.26 Å². The molecule has 1 aliphatic heterocycles. The van der Waals surface area contributed by atoms with E-state index in [1.165, 1.54) is 28.6 Å². The molecule has 0 radical (unpaired) electrons. The molecule has 28 heavy (non-hydrogen) atoms. The number of halogens is 1. The highest BCUT2D eigenvalue weighted by Gasteiger charge is 2.28. The van der Waals surface area contributed by atoms with Crippen LogP contribution in [0.15, 0.2) is 53.4 Å². The molecule has 6 nitrogen and oxygen atoms in total. The van der Waals surface area contributed by atoms with Gasteiger partial charge in [-0.1, -0.05) is 11.6 Å². The zero-order chi connectivity index (χ0) is 20.0. The first-order chi connectivity index (χ1) is 13.5. The van der Waals surface area contributed by atoms with Crippen molar-refractivity contribution in [1.82, 2.24) is 9.21 Å². The van der Waals surface area contributed by atoms with Gasteiger partial charge in [0.05, 0.1) is 23.1 Å². The molecule has 0 atom stereocenters. The van der Waals surface area contributed by atoms with Crippen LogP contribution in [0.3, 0.4) is 0 Å². The summed E-state index contributed by atoms with van der Waals surface area (Å²) in [6, 6.07) is 15.3. The topological polar surface area (TPSA) is 73.6 Å². The van der Waals surface area contributed by atoms with Crippen LogP contribution in [-0.2, 0) is 10.0 Å². The zero-order valence-electron chi connectivity index (χ0n) is 15.4. The van der Waals surface area contributed by atoms with Crippen molar-refractivity contribution in [2.45, 2.75) is 11.3 Å². The molecule has 0 aliphatic carbocycles. The summed E-state index contributed by atoms with van der Waals surface area (Å²) in [5, 5.41) is 9.53. The molecule has 8 heteroatoms. The van der Waals surface area contributed by atoms with Crippen molar-refractivity contribution in [3.63, 3.8) is 0 Å². The van der Waals surface area contributed by atoms with Gasteiger partial charge < -0.3 is 9.64 Å². The highest BCUT2D eigenvalue weighted by Crippen LogP contribution is 2.19. The number of hydrogen-bond acceptors (Lipinski definition) is 5. The fourth-order valence-electron chi connectivity index (χ4n) is 3.05. The third-order valence-electron chi connectivity index (χ3n) is 4.65. The van der Waals surface area contributed by atoms with Crippen LogP contribution in [0, 0.1) is 11.3 Å². The van der Waals surface area contributed by atoms with Crippen LogP contribution in [-0.4, -0.2) is 57.0 Å². The molecule has 1 aliphatic rings. The van der Waals surface area contributed by atoms with E-state index in [-0.39, 0.29) is 4.90 Å². The van der Waals surface area contributed by atoms with Crippen molar-refractivity contribution in [2.75, 3.05) is 39.3 Å². The lowest BCUT2D eigenvalue weighted by molar-refractivity contribution is 0.174. The second kappa shape index (κ2) is 9.39. The number of hydrogen-bond donors (Lipinski definition) is 0. The maximum Gasteiger partial charge on any atom is 0.243 e. The highest BCUT2D eigenvalue weighted by molar-refractivity contribution is 7.89. The second-order valence-electron chi connectivity index (χ2n) is 6.54. The molecule has 2 aromatic rings. The third-order valence-corrected chi connectivity index (χ3v) is 6.82. The summed E-state index contributed by atoms with van der Waals surface area (Å²) in [6.07, 6.45) is 0.866. The standard InChI is InChI=1S/C20H22ClN3O3S/c21-18-4-6-19(7-5-18)27-15-1-10-23-11-13-24(14-12-23)28(25,26)20-8-2-17(16-22)3-9-20/h2-9H,1,10-15H2. The van der Waals surface area contributed by atoms with Gasteiger partial charge in [-0.2, -0.15) is 9.57 Å². The van der Waals surface area contributed by atoms with Crippen LogP contribution in [0.25, 0.3) is 0 Å². The fraction of sp³-hybridized carbons (Fsp3) is 0.350. The molecule has 0 bridgehead atoms. The Morgan fingerprint density at radius 3 is 2.25 bits per heavy atom. The summed E-state index contributed by atoms with van der Waals surface area (Å²) in [6.45, 7) is 3.76. The molecule has 1 fully saturated rings. The summed E-state index contributed by atoms with van der Waals surface area (Å²) < 4.78 is 32.7. The number of benzene rings is 2. The fourth-order valence-corrected chi connectivity index (χ4v) is 4.60. The van der Waals surface area contributed by atoms with E-state index in [0.29, 0.717) is 43.4 Å². The average Bonchev–Trinajstić information content (AvgIpc) is 2.73. The second-order valence-corrected chi connectivity index (χ2v) is 8.91. The minimum atomic E-state index is -3.51. The van der Waals surface area contributed by atoms with Crippen LogP contribution in [0.4, 0.5) is 0 Å². The molecule has 0 N–H and O–H groups in total. The van der Waals surface area contributed by atoms with E-state index in [2.05, 4.69) is 4.90 Å². The first-order valence-electron chi connectivity index (χ1n) is 9.10. The number of ether oxygens (including phenoxy) is 1. The zero-order valence-corrected chi connectivity index (χ0v) is 17.0. The van der Waals surface area contributed by atoms with Crippen molar-refractivity contribution in [3.05, 3.63) is 59.1 Å². The van der Waals surface area contributed by atoms with Crippen molar-refractivity contribution >= 4 is 21.6 Å². The molecule has 0 spiro atoms. The maximum atomic E-state index is 12.7. The van der Waals surface area contributed by atoms with Crippen molar-refractivity contribution in [3.8, 4) is 11.8 Å². The SMILES string of the molecule is N#Cc1ccc(S(=O)(=O)N2CCN(CCCOc3ccc(Cl)cc3)CC2)cc1. The van der Waals surface area contributed by atoms with Gasteiger partial charge in [-0.05, 0) is 55.0 Å². The van der Waals surface area contributed by atoms with E-state index in [4.69, 9.17) is 21.6 Å². The molecular weight excluding hydrogens is 398 g/mol. The van der Waals surface area contributed by atoms with E-state index in [0.717, 1.165) is 18.7 Å². The molecular formula is C20H22ClN3O3S. The Balaban J connectivity index is 1.43. The molecule has 0 amide bonds. The van der Waals surface area contributed by atoms with Gasteiger partial charge in [0.1, 0.15) is 5.75 Å². The average molecular weight is 420 g/mol. The molecule has 0 unspecified atom stereocenters. The Hall–Kier alpha value is -2.11. The monoisotopic (exact) mass is 419 g/mol. The Labute approximate surface area is 170 Å². The number of piperazine rings is 1. The van der Waals surface area contributed by atoms with E-state index in [9.17, 15) is 8.42 Å². The predicted molar refractivity (Wildman–Crippen MR) is 108 cm³/mol. The maximum absolute atomic E-state index is 12.7. The summed E-state index contributed by atoms with van der Waals surface area (Å²) in [7, 11) is -3.51. The molecule has 2 aromatic carbocycles. The van der Waals surface area contributed by atoms with Crippen LogP contribution < -0.4 is 4.74 Å². The first kappa shape index (κ1) is 20.6. The number of sulfonamides is 1. The van der Waals surface area contributed by atoms with Crippen molar-refractivity contribution < 1.29 is 13.2 Å². The summed E-state index contributed by atoms with van der Waals surface area (Å²) in [5.41, 5.74) is 0.449. The van der Waals surface area contributed by atoms with Gasteiger partial charge in [0.2, 0.25) is 10.0 Å². The van der Waals surface area contributed by atoms with Gasteiger partial charge in [0.25, 0.3) is 0 Å². The highest BCUT2D eigenvalue weighted by atomic mass is 35.5. The number of rotatable bonds is 7. The lowest BCUT2D eigenvalue weighted by atomic mass is 10.2. The molecule has 0 saturated carbocycles. The lowest BCUT2D eigenvalue weighted by Crippen LogP contribution is -2.48. The van der Waals surface area contributed by atoms with Crippen LogP contribution in [0.5, 0.6) is 5.75 Å². The van der Waals surface area contributed by atoms with E-state index >= 15 is 0 Å². The minimum Gasteiger partial charge on any atom is -0.494 e. The number of nitriles is 1. The Morgan fingerprint density at radius 2 is 1.64 bits per heavy atom. The normalized spacial score (nSPS) is 15.9. The third kappa shape index (κ3) is 5.24. The van der Waals surface area contributed by atoms with Gasteiger partial charge in [0, 0.05) is 37.7 Å². The first-order valence-corrected chi connectivity index (χ1v) is 10.9. The summed E-state index contributed by atoms with van der Waals surface area (Å²) >= 11 is 5.85. The van der Waals surface area contributed by atoms with Gasteiger partial charge in [-0.3, -0.25) is 0 Å². The van der Waals surface area contributed by atoms with Crippen LogP contribution in [0.1, 0.15) is 12.0 Å². The smallest absolute Gasteiger partial charge is 0.243 e. The molecule has 3 rings (SSSR count). The molecule has 1 saturated heterocycles. The van der Waals surface area contributed by atoms with Crippen LogP contribution >= 0.6 is 11.6 Å². The van der Waals surface area contributed by atoms with E-state index in [1.807, 2.05) is 18.2 Å². The van der Waals surface area contributed by atoms with Crippen LogP contribution in [0.2, 0.25) is 5.02 Å². The predicted octanol–water partition coefficient (Wildman–Crippen LogP) is 2.99. The van der Waals surface area contributed by atoms with Gasteiger partial charge in [-0.25, -0.2) is 8.42 Å². The van der Waals surface area contributed by atoms with E-state index in [1.54, 1.807) is 12.1 Å². The Bertz CT molecular complexity index is 917. The summed E-state index contributed by atoms with van der Waals surface area (Å²) in [4.78, 5) is 2.48. The van der Waals surface area contributed by atoms with E-state index < -0.39 is 10.0 Å². The van der Waals surface area contributed by atoms with Gasteiger partial charge in [-0.15, -0.1) is 0 Å². The van der Waals surface area contributed by atoms with Crippen molar-refractivity contribution in [2.24, 2.45) is 0 Å².